The molecule has 0 spiro atoms. The van der Waals surface area contributed by atoms with Crippen LogP contribution < -0.4 is 5.32 Å². The fourth-order valence-corrected chi connectivity index (χ4v) is 1.60. The molecular formula is C11H7ClF2N4O2. The first-order valence-electron chi connectivity index (χ1n) is 5.28. The highest BCUT2D eigenvalue weighted by molar-refractivity contribution is 6.28. The molecule has 0 saturated carbocycles. The van der Waals surface area contributed by atoms with Crippen molar-refractivity contribution in [2.24, 2.45) is 0 Å². The second kappa shape index (κ2) is 5.33. The summed E-state index contributed by atoms with van der Waals surface area (Å²) in [5.41, 5.74) is -0.908. The number of nitrogens with zero attached hydrogens (tertiary/aromatic N) is 3. The molecule has 0 aliphatic carbocycles. The molecule has 0 saturated heterocycles. The van der Waals surface area contributed by atoms with Crippen molar-refractivity contribution < 1.29 is 13.7 Å². The minimum absolute atomic E-state index is 0.178. The molecule has 1 aromatic heterocycles. The van der Waals surface area contributed by atoms with Gasteiger partial charge < -0.3 is 5.32 Å². The van der Waals surface area contributed by atoms with Gasteiger partial charge in [0.25, 0.3) is 0 Å². The monoisotopic (exact) mass is 300 g/mol. The minimum Gasteiger partial charge on any atom is -0.330 e. The molecule has 0 bridgehead atoms. The highest BCUT2D eigenvalue weighted by Gasteiger charge is 2.20. The van der Waals surface area contributed by atoms with E-state index in [1.165, 1.54) is 13.0 Å². The third kappa shape index (κ3) is 2.64. The summed E-state index contributed by atoms with van der Waals surface area (Å²) in [6.07, 6.45) is 0.850. The Labute approximate surface area is 116 Å². The smallest absolute Gasteiger partial charge is 0.329 e. The maximum atomic E-state index is 13.8. The van der Waals surface area contributed by atoms with Crippen LogP contribution in [0.1, 0.15) is 5.56 Å². The van der Waals surface area contributed by atoms with Crippen molar-refractivity contribution in [2.75, 3.05) is 5.32 Å². The van der Waals surface area contributed by atoms with E-state index in [9.17, 15) is 18.9 Å². The molecule has 9 heteroatoms. The molecule has 1 N–H and O–H groups in total. The molecule has 2 rings (SSSR count). The first-order chi connectivity index (χ1) is 9.40. The molecule has 0 fully saturated rings. The number of halogens is 3. The largest absolute Gasteiger partial charge is 0.330 e. The Balaban J connectivity index is 2.53. The van der Waals surface area contributed by atoms with E-state index in [-0.39, 0.29) is 10.8 Å². The van der Waals surface area contributed by atoms with Crippen LogP contribution >= 0.6 is 11.6 Å². The minimum atomic E-state index is -0.905. The fraction of sp³-hybridized carbons (Fsp3) is 0.0909. The number of hydrogen-bond donors (Lipinski definition) is 1. The van der Waals surface area contributed by atoms with Gasteiger partial charge in [0.2, 0.25) is 11.1 Å². The van der Waals surface area contributed by atoms with Gasteiger partial charge in [0.05, 0.1) is 4.92 Å². The average Bonchev–Trinajstić information content (AvgIpc) is 2.39. The molecular weight excluding hydrogens is 294 g/mol. The lowest BCUT2D eigenvalue weighted by Crippen LogP contribution is -2.05. The Morgan fingerprint density at radius 1 is 1.40 bits per heavy atom. The maximum Gasteiger partial charge on any atom is 0.329 e. The first kappa shape index (κ1) is 14.1. The summed E-state index contributed by atoms with van der Waals surface area (Å²) in [6, 6.07) is 2.28. The van der Waals surface area contributed by atoms with Gasteiger partial charge in [-0.2, -0.15) is 4.98 Å². The number of anilines is 2. The molecule has 20 heavy (non-hydrogen) atoms. The summed E-state index contributed by atoms with van der Waals surface area (Å²) < 4.78 is 27.4. The summed E-state index contributed by atoms with van der Waals surface area (Å²) in [4.78, 5) is 17.0. The van der Waals surface area contributed by atoms with Gasteiger partial charge in [-0.05, 0) is 30.2 Å². The summed E-state index contributed by atoms with van der Waals surface area (Å²) in [5, 5.41) is 12.8. The molecule has 0 amide bonds. The maximum absolute atomic E-state index is 13.8. The number of aromatic nitrogens is 2. The highest BCUT2D eigenvalue weighted by atomic mass is 35.5. The lowest BCUT2D eigenvalue weighted by molar-refractivity contribution is -0.384. The van der Waals surface area contributed by atoms with Gasteiger partial charge >= 0.3 is 5.69 Å². The van der Waals surface area contributed by atoms with E-state index < -0.39 is 33.8 Å². The highest BCUT2D eigenvalue weighted by Crippen LogP contribution is 2.29. The Morgan fingerprint density at radius 3 is 2.75 bits per heavy atom. The van der Waals surface area contributed by atoms with E-state index >= 15 is 0 Å². The predicted molar refractivity (Wildman–Crippen MR) is 68.1 cm³/mol. The zero-order valence-electron chi connectivity index (χ0n) is 10.0. The Morgan fingerprint density at radius 2 is 2.10 bits per heavy atom. The quantitative estimate of drug-likeness (QED) is 0.534. The third-order valence-electron chi connectivity index (χ3n) is 2.46. The van der Waals surface area contributed by atoms with Crippen molar-refractivity contribution in [1.29, 1.82) is 0 Å². The second-order valence-corrected chi connectivity index (χ2v) is 4.15. The molecule has 104 valence electrons. The summed E-state index contributed by atoms with van der Waals surface area (Å²) in [7, 11) is 0. The fourth-order valence-electron chi connectivity index (χ4n) is 1.47. The van der Waals surface area contributed by atoms with Crippen molar-refractivity contribution in [3.05, 3.63) is 50.9 Å². The van der Waals surface area contributed by atoms with E-state index in [4.69, 9.17) is 11.6 Å². The van der Waals surface area contributed by atoms with Crippen molar-refractivity contribution in [2.45, 2.75) is 6.92 Å². The van der Waals surface area contributed by atoms with Gasteiger partial charge in [0.1, 0.15) is 17.7 Å². The molecule has 0 aliphatic rings. The van der Waals surface area contributed by atoms with Crippen molar-refractivity contribution in [3.8, 4) is 0 Å². The van der Waals surface area contributed by atoms with E-state index in [0.29, 0.717) is 0 Å². The van der Waals surface area contributed by atoms with Crippen LogP contribution in [0.25, 0.3) is 0 Å². The standard InChI is InChI=1S/C11H7ClF2N4O2/c1-5-2-3-6(13)9(8(5)14)16-10-7(18(19)20)4-15-11(12)17-10/h2-4H,1H3,(H,15,16,17). The number of rotatable bonds is 3. The zero-order valence-corrected chi connectivity index (χ0v) is 10.8. The lowest BCUT2D eigenvalue weighted by Gasteiger charge is -2.09. The first-order valence-corrected chi connectivity index (χ1v) is 5.66. The van der Waals surface area contributed by atoms with Crippen LogP contribution in [0.15, 0.2) is 18.3 Å². The van der Waals surface area contributed by atoms with Crippen LogP contribution in [0.4, 0.5) is 26.0 Å². The molecule has 0 unspecified atom stereocenters. The topological polar surface area (TPSA) is 81.0 Å². The molecule has 6 nitrogen and oxygen atoms in total. The van der Waals surface area contributed by atoms with Crippen LogP contribution in [0, 0.1) is 28.7 Å². The van der Waals surface area contributed by atoms with Crippen LogP contribution in [-0.2, 0) is 0 Å². The molecule has 0 atom stereocenters. The molecule has 0 radical (unpaired) electrons. The molecule has 1 heterocycles. The van der Waals surface area contributed by atoms with Gasteiger partial charge in [-0.3, -0.25) is 10.1 Å². The van der Waals surface area contributed by atoms with Crippen LogP contribution in [-0.4, -0.2) is 14.9 Å². The lowest BCUT2D eigenvalue weighted by atomic mass is 10.2. The van der Waals surface area contributed by atoms with Crippen molar-refractivity contribution in [1.82, 2.24) is 9.97 Å². The molecule has 2 aromatic rings. The molecule has 1 aromatic carbocycles. The van der Waals surface area contributed by atoms with E-state index in [0.717, 1.165) is 12.3 Å². The Hall–Kier alpha value is -2.35. The van der Waals surface area contributed by atoms with Gasteiger partial charge in [-0.1, -0.05) is 6.07 Å². The van der Waals surface area contributed by atoms with Gasteiger partial charge in [0, 0.05) is 0 Å². The van der Waals surface area contributed by atoms with Crippen LogP contribution in [0.3, 0.4) is 0 Å². The zero-order chi connectivity index (χ0) is 14.9. The summed E-state index contributed by atoms with van der Waals surface area (Å²) >= 11 is 5.53. The Bertz CT molecular complexity index is 696. The van der Waals surface area contributed by atoms with Crippen molar-refractivity contribution >= 4 is 28.8 Å². The van der Waals surface area contributed by atoms with Gasteiger partial charge in [-0.15, -0.1) is 0 Å². The summed E-state index contributed by atoms with van der Waals surface area (Å²) in [6.45, 7) is 1.43. The number of nitrogens with one attached hydrogen (secondary N) is 1. The third-order valence-corrected chi connectivity index (χ3v) is 2.65. The number of benzene rings is 1. The Kier molecular flexibility index (Phi) is 3.75. The van der Waals surface area contributed by atoms with Crippen LogP contribution in [0.2, 0.25) is 5.28 Å². The molecule has 0 aliphatic heterocycles. The van der Waals surface area contributed by atoms with E-state index in [2.05, 4.69) is 15.3 Å². The van der Waals surface area contributed by atoms with Gasteiger partial charge in [-0.25, -0.2) is 13.8 Å². The summed E-state index contributed by atoms with van der Waals surface area (Å²) in [5.74, 6) is -2.16. The SMILES string of the molecule is Cc1ccc(F)c(Nc2nc(Cl)ncc2[N+](=O)[O-])c1F. The van der Waals surface area contributed by atoms with Gasteiger partial charge in [0.15, 0.2) is 5.82 Å². The average molecular weight is 301 g/mol. The predicted octanol–water partition coefficient (Wildman–Crippen LogP) is 3.37. The van der Waals surface area contributed by atoms with Crippen LogP contribution in [0.5, 0.6) is 0 Å². The number of hydrogen-bond acceptors (Lipinski definition) is 5. The second-order valence-electron chi connectivity index (χ2n) is 3.81. The number of aryl methyl sites for hydroxylation is 1. The number of nitro groups is 1. The van der Waals surface area contributed by atoms with Crippen molar-refractivity contribution in [3.63, 3.8) is 0 Å². The van der Waals surface area contributed by atoms with E-state index in [1.54, 1.807) is 0 Å². The normalized spacial score (nSPS) is 10.4. The van der Waals surface area contributed by atoms with E-state index in [1.807, 2.05) is 0 Å².